The molecule has 0 amide bonds. The summed E-state index contributed by atoms with van der Waals surface area (Å²) in [5.41, 5.74) is 2.55. The summed E-state index contributed by atoms with van der Waals surface area (Å²) in [5.74, 6) is 2.57. The van der Waals surface area contributed by atoms with Crippen molar-refractivity contribution in [2.45, 2.75) is 50.5 Å². The standard InChI is InChI=1S/C16H21NO/c18-16(14-11-5-1-2-6-12(11)14)13-8-7-10-4-3-9-17-15(10)13/h3-4,9,11-14,16,18H,1-2,5-8H2. The van der Waals surface area contributed by atoms with E-state index in [9.17, 15) is 5.11 Å². The van der Waals surface area contributed by atoms with Crippen molar-refractivity contribution < 1.29 is 5.11 Å². The minimum atomic E-state index is -0.130. The normalized spacial score (nSPS) is 38.9. The zero-order valence-electron chi connectivity index (χ0n) is 10.8. The SMILES string of the molecule is OC(C1CCc2cccnc21)C1C2CCCCC21. The molecule has 2 fully saturated rings. The molecule has 4 unspecified atom stereocenters. The van der Waals surface area contributed by atoms with Crippen molar-refractivity contribution in [1.29, 1.82) is 0 Å². The number of hydrogen-bond donors (Lipinski definition) is 1. The highest BCUT2D eigenvalue weighted by atomic mass is 16.3. The average molecular weight is 243 g/mol. The van der Waals surface area contributed by atoms with Gasteiger partial charge in [0.2, 0.25) is 0 Å². The predicted molar refractivity (Wildman–Crippen MR) is 70.2 cm³/mol. The van der Waals surface area contributed by atoms with Crippen LogP contribution in [0.5, 0.6) is 0 Å². The van der Waals surface area contributed by atoms with Crippen LogP contribution in [0.15, 0.2) is 18.3 Å². The summed E-state index contributed by atoms with van der Waals surface area (Å²) in [6.07, 6.45) is 9.42. The first kappa shape index (κ1) is 11.0. The lowest BCUT2D eigenvalue weighted by Crippen LogP contribution is -2.21. The summed E-state index contributed by atoms with van der Waals surface area (Å²) in [5, 5.41) is 10.7. The zero-order valence-corrected chi connectivity index (χ0v) is 10.8. The van der Waals surface area contributed by atoms with E-state index in [0.29, 0.717) is 11.8 Å². The first-order valence-corrected chi connectivity index (χ1v) is 7.48. The summed E-state index contributed by atoms with van der Waals surface area (Å²) in [6.45, 7) is 0. The van der Waals surface area contributed by atoms with Crippen molar-refractivity contribution >= 4 is 0 Å². The molecule has 2 saturated carbocycles. The number of aliphatic hydroxyl groups is 1. The fourth-order valence-corrected chi connectivity index (χ4v) is 4.60. The quantitative estimate of drug-likeness (QED) is 0.866. The second-order valence-electron chi connectivity index (χ2n) is 6.37. The van der Waals surface area contributed by atoms with Crippen LogP contribution in [0.2, 0.25) is 0 Å². The average Bonchev–Trinajstić information content (AvgIpc) is 2.99. The van der Waals surface area contributed by atoms with Crippen LogP contribution in [0, 0.1) is 17.8 Å². The van der Waals surface area contributed by atoms with E-state index < -0.39 is 0 Å². The lowest BCUT2D eigenvalue weighted by atomic mass is 9.94. The molecule has 4 rings (SSSR count). The van der Waals surface area contributed by atoms with Crippen molar-refractivity contribution in [1.82, 2.24) is 4.98 Å². The van der Waals surface area contributed by atoms with Crippen LogP contribution in [-0.2, 0) is 6.42 Å². The second-order valence-corrected chi connectivity index (χ2v) is 6.37. The third-order valence-corrected chi connectivity index (χ3v) is 5.53. The molecule has 0 saturated heterocycles. The molecule has 4 atom stereocenters. The molecule has 1 aromatic heterocycles. The summed E-state index contributed by atoms with van der Waals surface area (Å²) >= 11 is 0. The van der Waals surface area contributed by atoms with Gasteiger partial charge in [-0.15, -0.1) is 0 Å². The van der Waals surface area contributed by atoms with Gasteiger partial charge in [-0.2, -0.15) is 0 Å². The molecule has 1 aromatic rings. The van der Waals surface area contributed by atoms with Crippen molar-refractivity contribution in [2.75, 3.05) is 0 Å². The lowest BCUT2D eigenvalue weighted by Gasteiger charge is -2.18. The second kappa shape index (κ2) is 4.06. The molecule has 2 heteroatoms. The van der Waals surface area contributed by atoms with Crippen LogP contribution >= 0.6 is 0 Å². The van der Waals surface area contributed by atoms with Crippen LogP contribution in [0.4, 0.5) is 0 Å². The number of hydrogen-bond acceptors (Lipinski definition) is 2. The van der Waals surface area contributed by atoms with Crippen molar-refractivity contribution in [2.24, 2.45) is 17.8 Å². The largest absolute Gasteiger partial charge is 0.392 e. The van der Waals surface area contributed by atoms with Gasteiger partial charge in [0.05, 0.1) is 6.10 Å². The summed E-state index contributed by atoms with van der Waals surface area (Å²) < 4.78 is 0. The Morgan fingerprint density at radius 3 is 2.72 bits per heavy atom. The van der Waals surface area contributed by atoms with Crippen LogP contribution < -0.4 is 0 Å². The number of nitrogens with zero attached hydrogens (tertiary/aromatic N) is 1. The van der Waals surface area contributed by atoms with Gasteiger partial charge < -0.3 is 5.11 Å². The molecule has 18 heavy (non-hydrogen) atoms. The summed E-state index contributed by atoms with van der Waals surface area (Å²) in [4.78, 5) is 4.53. The minimum Gasteiger partial charge on any atom is -0.392 e. The fraction of sp³-hybridized carbons (Fsp3) is 0.688. The highest BCUT2D eigenvalue weighted by molar-refractivity contribution is 5.30. The number of aliphatic hydroxyl groups excluding tert-OH is 1. The number of pyridine rings is 1. The van der Waals surface area contributed by atoms with Crippen LogP contribution in [-0.4, -0.2) is 16.2 Å². The van der Waals surface area contributed by atoms with E-state index in [-0.39, 0.29) is 6.10 Å². The van der Waals surface area contributed by atoms with E-state index in [0.717, 1.165) is 24.7 Å². The Balaban J connectivity index is 1.55. The third kappa shape index (κ3) is 1.55. The van der Waals surface area contributed by atoms with E-state index in [4.69, 9.17) is 0 Å². The van der Waals surface area contributed by atoms with Crippen molar-refractivity contribution in [3.63, 3.8) is 0 Å². The smallest absolute Gasteiger partial charge is 0.0657 e. The Bertz CT molecular complexity index is 446. The summed E-state index contributed by atoms with van der Waals surface area (Å²) in [6, 6.07) is 4.19. The van der Waals surface area contributed by atoms with Crippen LogP contribution in [0.25, 0.3) is 0 Å². The third-order valence-electron chi connectivity index (χ3n) is 5.53. The van der Waals surface area contributed by atoms with E-state index in [1.807, 2.05) is 12.3 Å². The van der Waals surface area contributed by atoms with Crippen molar-refractivity contribution in [3.8, 4) is 0 Å². The van der Waals surface area contributed by atoms with Gasteiger partial charge in [0.1, 0.15) is 0 Å². The Morgan fingerprint density at radius 1 is 1.17 bits per heavy atom. The lowest BCUT2D eigenvalue weighted by molar-refractivity contribution is 0.109. The van der Waals surface area contributed by atoms with Gasteiger partial charge in [-0.05, 0) is 55.1 Å². The molecule has 1 N–H and O–H groups in total. The maximum Gasteiger partial charge on any atom is 0.0657 e. The van der Waals surface area contributed by atoms with Gasteiger partial charge in [0.15, 0.2) is 0 Å². The number of aromatic nitrogens is 1. The molecule has 0 bridgehead atoms. The van der Waals surface area contributed by atoms with E-state index in [1.165, 1.54) is 36.9 Å². The maximum absolute atomic E-state index is 10.7. The predicted octanol–water partition coefficient (Wildman–Crippen LogP) is 2.91. The monoisotopic (exact) mass is 243 g/mol. The molecule has 0 radical (unpaired) electrons. The Kier molecular flexibility index (Phi) is 2.47. The minimum absolute atomic E-state index is 0.130. The zero-order chi connectivity index (χ0) is 12.1. The molecular weight excluding hydrogens is 222 g/mol. The highest BCUT2D eigenvalue weighted by Gasteiger charge is 2.56. The van der Waals surface area contributed by atoms with E-state index >= 15 is 0 Å². The molecule has 3 aliphatic carbocycles. The Hall–Kier alpha value is -0.890. The first-order chi connectivity index (χ1) is 8.86. The topological polar surface area (TPSA) is 33.1 Å². The maximum atomic E-state index is 10.7. The molecule has 1 heterocycles. The number of rotatable bonds is 2. The summed E-state index contributed by atoms with van der Waals surface area (Å²) in [7, 11) is 0. The van der Waals surface area contributed by atoms with E-state index in [1.54, 1.807) is 0 Å². The van der Waals surface area contributed by atoms with Gasteiger partial charge in [-0.3, -0.25) is 4.98 Å². The highest BCUT2D eigenvalue weighted by Crippen LogP contribution is 2.59. The molecule has 0 spiro atoms. The van der Waals surface area contributed by atoms with Crippen LogP contribution in [0.1, 0.15) is 49.3 Å². The van der Waals surface area contributed by atoms with Gasteiger partial charge in [0, 0.05) is 17.8 Å². The van der Waals surface area contributed by atoms with Crippen LogP contribution in [0.3, 0.4) is 0 Å². The molecule has 96 valence electrons. The van der Waals surface area contributed by atoms with Gasteiger partial charge in [0.25, 0.3) is 0 Å². The number of fused-ring (bicyclic) bond motifs is 2. The Labute approximate surface area is 108 Å². The van der Waals surface area contributed by atoms with Crippen molar-refractivity contribution in [3.05, 3.63) is 29.6 Å². The van der Waals surface area contributed by atoms with Gasteiger partial charge in [-0.1, -0.05) is 18.9 Å². The molecule has 0 aliphatic heterocycles. The molecular formula is C16H21NO. The molecule has 0 aromatic carbocycles. The first-order valence-electron chi connectivity index (χ1n) is 7.48. The Morgan fingerprint density at radius 2 is 1.94 bits per heavy atom. The molecule has 3 aliphatic rings. The van der Waals surface area contributed by atoms with E-state index in [2.05, 4.69) is 11.1 Å². The molecule has 2 nitrogen and oxygen atoms in total. The fourth-order valence-electron chi connectivity index (χ4n) is 4.60. The number of aryl methyl sites for hydroxylation is 1. The van der Waals surface area contributed by atoms with Gasteiger partial charge >= 0.3 is 0 Å². The van der Waals surface area contributed by atoms with Gasteiger partial charge in [-0.25, -0.2) is 0 Å².